The van der Waals surface area contributed by atoms with Crippen molar-refractivity contribution in [3.63, 3.8) is 0 Å². The van der Waals surface area contributed by atoms with Crippen LogP contribution in [0.3, 0.4) is 0 Å². The third-order valence-corrected chi connectivity index (χ3v) is 4.20. The zero-order chi connectivity index (χ0) is 21.5. The van der Waals surface area contributed by atoms with Gasteiger partial charge in [-0.25, -0.2) is 4.79 Å². The number of nitro benzene ring substituents is 1. The van der Waals surface area contributed by atoms with Gasteiger partial charge in [0.1, 0.15) is 12.4 Å². The first-order chi connectivity index (χ1) is 14.4. The van der Waals surface area contributed by atoms with Gasteiger partial charge in [0.25, 0.3) is 5.69 Å². The molecular formula is C21H16ClN3O5. The van der Waals surface area contributed by atoms with Gasteiger partial charge in [0.2, 0.25) is 0 Å². The van der Waals surface area contributed by atoms with E-state index in [4.69, 9.17) is 26.9 Å². The molecule has 0 saturated heterocycles. The molecule has 0 aliphatic heterocycles. The lowest BCUT2D eigenvalue weighted by Crippen LogP contribution is -2.15. The summed E-state index contributed by atoms with van der Waals surface area (Å²) in [6, 6.07) is 19.1. The number of ether oxygens (including phenoxy) is 1. The van der Waals surface area contributed by atoms with Crippen LogP contribution in [-0.2, 0) is 11.4 Å². The molecule has 0 fully saturated rings. The normalized spacial score (nSPS) is 11.0. The Balaban J connectivity index is 1.63. The van der Waals surface area contributed by atoms with Gasteiger partial charge in [0.15, 0.2) is 5.84 Å². The van der Waals surface area contributed by atoms with Gasteiger partial charge in [-0.05, 0) is 48.0 Å². The summed E-state index contributed by atoms with van der Waals surface area (Å²) in [7, 11) is 0. The molecule has 9 heteroatoms. The summed E-state index contributed by atoms with van der Waals surface area (Å²) < 4.78 is 5.66. The number of rotatable bonds is 7. The highest BCUT2D eigenvalue weighted by Crippen LogP contribution is 2.19. The number of benzene rings is 3. The zero-order valence-corrected chi connectivity index (χ0v) is 16.3. The van der Waals surface area contributed by atoms with Crippen molar-refractivity contribution < 1.29 is 19.3 Å². The summed E-state index contributed by atoms with van der Waals surface area (Å²) >= 11 is 5.93. The Hall–Kier alpha value is -3.91. The van der Waals surface area contributed by atoms with Crippen molar-refractivity contribution in [1.29, 1.82) is 0 Å². The van der Waals surface area contributed by atoms with Crippen molar-refractivity contribution in [3.05, 3.63) is 105 Å². The highest BCUT2D eigenvalue weighted by atomic mass is 35.5. The molecule has 0 bridgehead atoms. The Bertz CT molecular complexity index is 1100. The van der Waals surface area contributed by atoms with Crippen LogP contribution in [0.15, 0.2) is 78.0 Å². The first-order valence-electron chi connectivity index (χ1n) is 8.69. The van der Waals surface area contributed by atoms with E-state index in [1.165, 1.54) is 24.3 Å². The van der Waals surface area contributed by atoms with Crippen molar-refractivity contribution in [1.82, 2.24) is 0 Å². The number of carbonyl (C=O) groups is 1. The van der Waals surface area contributed by atoms with Crippen LogP contribution in [0.4, 0.5) is 5.69 Å². The number of oxime groups is 1. The molecule has 0 aliphatic carbocycles. The van der Waals surface area contributed by atoms with Crippen molar-refractivity contribution in [2.75, 3.05) is 0 Å². The maximum atomic E-state index is 12.3. The lowest BCUT2D eigenvalue weighted by Gasteiger charge is -2.07. The summed E-state index contributed by atoms with van der Waals surface area (Å²) in [5.74, 6) is -0.181. The Morgan fingerprint density at radius 2 is 1.77 bits per heavy atom. The van der Waals surface area contributed by atoms with Gasteiger partial charge < -0.3 is 15.3 Å². The average molecular weight is 426 g/mol. The zero-order valence-electron chi connectivity index (χ0n) is 15.5. The van der Waals surface area contributed by atoms with Crippen LogP contribution in [0.25, 0.3) is 0 Å². The molecule has 0 aromatic heterocycles. The third kappa shape index (κ3) is 5.55. The van der Waals surface area contributed by atoms with E-state index in [1.807, 2.05) is 0 Å². The molecule has 0 radical (unpaired) electrons. The molecule has 0 unspecified atom stereocenters. The highest BCUT2D eigenvalue weighted by Gasteiger charge is 2.10. The van der Waals surface area contributed by atoms with Gasteiger partial charge in [-0.2, -0.15) is 0 Å². The maximum Gasteiger partial charge on any atom is 0.365 e. The van der Waals surface area contributed by atoms with E-state index < -0.39 is 10.9 Å². The molecule has 0 aliphatic rings. The second-order valence-electron chi connectivity index (χ2n) is 6.11. The minimum absolute atomic E-state index is 0.0830. The largest absolute Gasteiger partial charge is 0.489 e. The number of nitro groups is 1. The summed E-state index contributed by atoms with van der Waals surface area (Å²) in [5.41, 5.74) is 7.09. The van der Waals surface area contributed by atoms with E-state index in [1.54, 1.807) is 48.5 Å². The Kier molecular flexibility index (Phi) is 6.61. The SMILES string of the molecule is N/C(=N\OC(=O)c1cccc(COc2cccc(Cl)c2)c1)c1ccc([N+](=O)[O-])cc1. The van der Waals surface area contributed by atoms with E-state index >= 15 is 0 Å². The molecular weight excluding hydrogens is 410 g/mol. The van der Waals surface area contributed by atoms with Crippen molar-refractivity contribution in [3.8, 4) is 5.75 Å². The molecule has 0 spiro atoms. The smallest absolute Gasteiger partial charge is 0.365 e. The molecule has 0 saturated carbocycles. The van der Waals surface area contributed by atoms with E-state index in [0.717, 1.165) is 5.56 Å². The summed E-state index contributed by atoms with van der Waals surface area (Å²) in [4.78, 5) is 27.3. The molecule has 0 atom stereocenters. The Labute approximate surface area is 176 Å². The Morgan fingerprint density at radius 1 is 1.03 bits per heavy atom. The molecule has 2 N–H and O–H groups in total. The predicted octanol–water partition coefficient (Wildman–Crippen LogP) is 4.30. The quantitative estimate of drug-likeness (QED) is 0.198. The number of hydrogen-bond acceptors (Lipinski definition) is 6. The molecule has 152 valence electrons. The number of nitrogens with zero attached hydrogens (tertiary/aromatic N) is 2. The number of amidine groups is 1. The fraction of sp³-hybridized carbons (Fsp3) is 0.0476. The minimum atomic E-state index is -0.704. The monoisotopic (exact) mass is 425 g/mol. The molecule has 0 heterocycles. The van der Waals surface area contributed by atoms with Gasteiger partial charge >= 0.3 is 5.97 Å². The van der Waals surface area contributed by atoms with Crippen molar-refractivity contribution >= 4 is 29.1 Å². The van der Waals surface area contributed by atoms with E-state index in [9.17, 15) is 14.9 Å². The van der Waals surface area contributed by atoms with Gasteiger partial charge in [-0.1, -0.05) is 35.0 Å². The maximum absolute atomic E-state index is 12.3. The van der Waals surface area contributed by atoms with Crippen LogP contribution in [0.1, 0.15) is 21.5 Å². The fourth-order valence-corrected chi connectivity index (χ4v) is 2.64. The first-order valence-corrected chi connectivity index (χ1v) is 9.07. The van der Waals surface area contributed by atoms with Crippen LogP contribution in [0, 0.1) is 10.1 Å². The average Bonchev–Trinajstić information content (AvgIpc) is 2.76. The number of nitrogens with two attached hydrogens (primary N) is 1. The predicted molar refractivity (Wildman–Crippen MR) is 111 cm³/mol. The molecule has 3 aromatic carbocycles. The molecule has 3 rings (SSSR count). The van der Waals surface area contributed by atoms with Crippen molar-refractivity contribution in [2.24, 2.45) is 10.9 Å². The minimum Gasteiger partial charge on any atom is -0.489 e. The topological polar surface area (TPSA) is 117 Å². The molecule has 0 amide bonds. The standard InChI is InChI=1S/C21H16ClN3O5/c22-17-5-2-6-19(12-17)29-13-14-3-1-4-16(11-14)21(26)30-24-20(23)15-7-9-18(10-8-15)25(27)28/h1-12H,13H2,(H2,23,24). The van der Waals surface area contributed by atoms with Gasteiger partial charge in [0, 0.05) is 22.7 Å². The molecule has 3 aromatic rings. The van der Waals surface area contributed by atoms with Crippen LogP contribution >= 0.6 is 11.6 Å². The first kappa shape index (κ1) is 20.8. The van der Waals surface area contributed by atoms with Crippen LogP contribution in [0.2, 0.25) is 5.02 Å². The lowest BCUT2D eigenvalue weighted by atomic mass is 10.1. The van der Waals surface area contributed by atoms with Crippen LogP contribution in [-0.4, -0.2) is 16.7 Å². The van der Waals surface area contributed by atoms with E-state index in [0.29, 0.717) is 16.3 Å². The van der Waals surface area contributed by atoms with E-state index in [2.05, 4.69) is 5.16 Å². The highest BCUT2D eigenvalue weighted by molar-refractivity contribution is 6.30. The number of hydrogen-bond donors (Lipinski definition) is 1. The van der Waals surface area contributed by atoms with E-state index in [-0.39, 0.29) is 23.7 Å². The van der Waals surface area contributed by atoms with Gasteiger partial charge in [-0.15, -0.1) is 0 Å². The lowest BCUT2D eigenvalue weighted by molar-refractivity contribution is -0.384. The number of carbonyl (C=O) groups excluding carboxylic acids is 1. The second-order valence-corrected chi connectivity index (χ2v) is 6.54. The molecule has 8 nitrogen and oxygen atoms in total. The van der Waals surface area contributed by atoms with Crippen LogP contribution < -0.4 is 10.5 Å². The number of halogens is 1. The Morgan fingerprint density at radius 3 is 2.47 bits per heavy atom. The fourth-order valence-electron chi connectivity index (χ4n) is 2.46. The third-order valence-electron chi connectivity index (χ3n) is 3.97. The summed E-state index contributed by atoms with van der Waals surface area (Å²) in [5, 5.41) is 14.9. The second kappa shape index (κ2) is 9.53. The summed E-state index contributed by atoms with van der Waals surface area (Å²) in [6.07, 6.45) is 0. The van der Waals surface area contributed by atoms with Gasteiger partial charge in [-0.3, -0.25) is 10.1 Å². The van der Waals surface area contributed by atoms with Crippen LogP contribution in [0.5, 0.6) is 5.75 Å². The molecule has 30 heavy (non-hydrogen) atoms. The summed E-state index contributed by atoms with van der Waals surface area (Å²) in [6.45, 7) is 0.232. The van der Waals surface area contributed by atoms with Crippen molar-refractivity contribution in [2.45, 2.75) is 6.61 Å². The number of non-ortho nitro benzene ring substituents is 1. The van der Waals surface area contributed by atoms with Gasteiger partial charge in [0.05, 0.1) is 10.5 Å².